The Hall–Kier alpha value is -5.56. The van der Waals surface area contributed by atoms with E-state index in [4.69, 9.17) is 0 Å². The topological polar surface area (TPSA) is 299 Å². The minimum atomic E-state index is -1.66. The number of aliphatic hydroxyl groups is 2. The number of hydrogen-bond acceptors (Lipinski definition) is 14. The Labute approximate surface area is 416 Å². The molecule has 0 aliphatic carbocycles. The Morgan fingerprint density at radius 1 is 0.529 bits per heavy atom. The minimum Gasteiger partial charge on any atom is -0.396 e. The van der Waals surface area contributed by atoms with Gasteiger partial charge in [0.25, 0.3) is 5.91 Å². The zero-order valence-electron chi connectivity index (χ0n) is 43.7. The van der Waals surface area contributed by atoms with E-state index in [1.54, 1.807) is 27.7 Å². The third-order valence-electron chi connectivity index (χ3n) is 11.9. The van der Waals surface area contributed by atoms with Crippen molar-refractivity contribution in [2.45, 2.75) is 136 Å². The Morgan fingerprint density at radius 3 is 1.56 bits per heavy atom. The molecule has 0 aromatic heterocycles. The molecule has 1 heterocycles. The third kappa shape index (κ3) is 17.1. The first-order valence-corrected chi connectivity index (χ1v) is 24.5. The molecule has 1 rings (SSSR count). The molecule has 0 radical (unpaired) electrons. The van der Waals surface area contributed by atoms with Gasteiger partial charge in [0, 0.05) is 61.7 Å². The fourth-order valence-corrected chi connectivity index (χ4v) is 8.57. The van der Waals surface area contributed by atoms with Crippen LogP contribution in [0.2, 0.25) is 0 Å². The molecule has 0 saturated carbocycles. The summed E-state index contributed by atoms with van der Waals surface area (Å²) in [5.41, 5.74) is 0. The monoisotopic (exact) mass is 1010 g/mol. The van der Waals surface area contributed by atoms with Crippen molar-refractivity contribution < 1.29 is 63.0 Å². The predicted octanol–water partition coefficient (Wildman–Crippen LogP) is 0.302. The standard InChI is InChI=1S/C45H79N11O13S/c1-24(2)21-30-36(60)46-27(7)35(59)47-28(8)38(62)51(11)31(22-25(3)4)39(63)54(14)44(68)56(16)45(69)55(15)43(67)49-42(66)52(12)32(23-70-20-18-17-19-57)40(64)53(13)34(29(9)58)37(61)48-33(26(5)6)41(65)50(30)10/h24-34,57-58H,17-23H2,1-16H3,(H,46,60)(H,47,59)(H,48,61)(H,49,66,67)/t27-,28+,29?,30-,31-,32-,33-,34?/m1/s1. The minimum absolute atomic E-state index is 0.0341. The van der Waals surface area contributed by atoms with Gasteiger partial charge in [0.15, 0.2) is 0 Å². The molecule has 398 valence electrons. The quantitative estimate of drug-likeness (QED) is 0.144. The molecule has 1 aliphatic heterocycles. The van der Waals surface area contributed by atoms with Crippen LogP contribution in [0.5, 0.6) is 0 Å². The first-order valence-electron chi connectivity index (χ1n) is 23.3. The fraction of sp³-hybridized carbons (Fsp3) is 0.756. The van der Waals surface area contributed by atoms with Crippen molar-refractivity contribution in [2.24, 2.45) is 17.8 Å². The number of aliphatic hydroxyl groups excluding tert-OH is 2. The van der Waals surface area contributed by atoms with Crippen LogP contribution in [0.3, 0.4) is 0 Å². The Morgan fingerprint density at radius 2 is 1.04 bits per heavy atom. The zero-order valence-corrected chi connectivity index (χ0v) is 44.5. The van der Waals surface area contributed by atoms with E-state index in [9.17, 15) is 63.0 Å². The van der Waals surface area contributed by atoms with Gasteiger partial charge in [0.2, 0.25) is 35.4 Å². The van der Waals surface area contributed by atoms with Crippen molar-refractivity contribution in [3.63, 3.8) is 0 Å². The van der Waals surface area contributed by atoms with Gasteiger partial charge in [-0.05, 0) is 70.0 Å². The highest BCUT2D eigenvalue weighted by atomic mass is 32.2. The van der Waals surface area contributed by atoms with Gasteiger partial charge in [0.05, 0.1) is 6.10 Å². The van der Waals surface area contributed by atoms with Crippen LogP contribution < -0.4 is 21.3 Å². The zero-order chi connectivity index (χ0) is 54.2. The van der Waals surface area contributed by atoms with Crippen molar-refractivity contribution in [2.75, 3.05) is 67.4 Å². The van der Waals surface area contributed by atoms with Crippen LogP contribution in [0.15, 0.2) is 0 Å². The second kappa shape index (κ2) is 28.3. The highest BCUT2D eigenvalue weighted by Crippen LogP contribution is 2.20. The smallest absolute Gasteiger partial charge is 0.335 e. The van der Waals surface area contributed by atoms with Crippen molar-refractivity contribution in [1.82, 2.24) is 55.6 Å². The number of amides is 15. The summed E-state index contributed by atoms with van der Waals surface area (Å²) in [6, 6.07) is -14.4. The Balaban J connectivity index is 4.00. The number of likely N-dealkylation sites (N-methyl/N-ethyl adjacent to an activating group) is 5. The van der Waals surface area contributed by atoms with Gasteiger partial charge >= 0.3 is 24.1 Å². The van der Waals surface area contributed by atoms with E-state index in [2.05, 4.69) is 16.0 Å². The SMILES string of the molecule is CC(C)C[C@@H]1C(=O)N(C)C(=O)N(C)C(=O)N(C)C(=O)NC(=O)N(C)[C@H](CSCCCCO)C(=O)N(C)C(C(C)O)C(=O)N[C@H](C(C)C)C(=O)N(C)[C@H](CC(C)C)C(=O)N[C@H](C)C(=O)N[C@@H](C)C(=O)N1C. The van der Waals surface area contributed by atoms with E-state index in [1.807, 2.05) is 19.2 Å². The normalized spacial score (nSPS) is 25.4. The molecule has 2 unspecified atom stereocenters. The first-order chi connectivity index (χ1) is 32.3. The van der Waals surface area contributed by atoms with E-state index in [-0.39, 0.29) is 37.0 Å². The van der Waals surface area contributed by atoms with E-state index < -0.39 is 120 Å². The van der Waals surface area contributed by atoms with Crippen LogP contribution in [0.1, 0.15) is 88.0 Å². The number of thioether (sulfide) groups is 1. The van der Waals surface area contributed by atoms with Crippen LogP contribution in [0.4, 0.5) is 19.2 Å². The molecule has 0 aromatic rings. The summed E-state index contributed by atoms with van der Waals surface area (Å²) in [7, 11) is 8.04. The summed E-state index contributed by atoms with van der Waals surface area (Å²) in [6.45, 7) is 14.3. The van der Waals surface area contributed by atoms with Gasteiger partial charge in [-0.2, -0.15) is 11.8 Å². The van der Waals surface area contributed by atoms with Gasteiger partial charge in [-0.3, -0.25) is 43.8 Å². The van der Waals surface area contributed by atoms with Crippen molar-refractivity contribution in [1.29, 1.82) is 0 Å². The molecule has 8 atom stereocenters. The highest BCUT2D eigenvalue weighted by Gasteiger charge is 2.42. The molecule has 1 fully saturated rings. The van der Waals surface area contributed by atoms with Crippen molar-refractivity contribution >= 4 is 77.2 Å². The Bertz CT molecular complexity index is 1900. The lowest BCUT2D eigenvalue weighted by Crippen LogP contribution is -2.63. The number of rotatable bonds is 12. The molecule has 70 heavy (non-hydrogen) atoms. The van der Waals surface area contributed by atoms with Gasteiger partial charge in [-0.15, -0.1) is 0 Å². The summed E-state index contributed by atoms with van der Waals surface area (Å²) in [5.74, 6) is -6.40. The van der Waals surface area contributed by atoms with Crippen LogP contribution in [-0.2, 0) is 33.6 Å². The van der Waals surface area contributed by atoms with Gasteiger partial charge in [0.1, 0.15) is 42.3 Å². The highest BCUT2D eigenvalue weighted by molar-refractivity contribution is 7.99. The summed E-state index contributed by atoms with van der Waals surface area (Å²) in [5, 5.41) is 30.1. The summed E-state index contributed by atoms with van der Waals surface area (Å²) >= 11 is 1.22. The van der Waals surface area contributed by atoms with Crippen LogP contribution in [-0.4, -0.2) is 226 Å². The number of nitrogens with zero attached hydrogens (tertiary/aromatic N) is 7. The van der Waals surface area contributed by atoms with Crippen molar-refractivity contribution in [3.05, 3.63) is 0 Å². The van der Waals surface area contributed by atoms with Gasteiger partial charge in [-0.1, -0.05) is 41.5 Å². The number of hydrogen-bond donors (Lipinski definition) is 6. The van der Waals surface area contributed by atoms with E-state index in [0.29, 0.717) is 33.3 Å². The van der Waals surface area contributed by atoms with Crippen molar-refractivity contribution in [3.8, 4) is 0 Å². The Kier molecular flexibility index (Phi) is 25.3. The maximum atomic E-state index is 14.4. The molecule has 0 aromatic carbocycles. The number of nitrogens with one attached hydrogen (secondary N) is 4. The molecule has 24 nitrogen and oxygen atoms in total. The molecule has 6 N–H and O–H groups in total. The van der Waals surface area contributed by atoms with E-state index in [1.165, 1.54) is 60.7 Å². The van der Waals surface area contributed by atoms with Crippen LogP contribution in [0.25, 0.3) is 0 Å². The lowest BCUT2D eigenvalue weighted by molar-refractivity contribution is -0.148. The third-order valence-corrected chi connectivity index (χ3v) is 13.0. The lowest BCUT2D eigenvalue weighted by Gasteiger charge is -2.37. The van der Waals surface area contributed by atoms with Crippen LogP contribution in [0, 0.1) is 17.8 Å². The molecule has 0 bridgehead atoms. The molecule has 25 heteroatoms. The molecular weight excluding hydrogens is 935 g/mol. The molecule has 15 amide bonds. The number of urea groups is 4. The number of unbranched alkanes of at least 4 members (excludes halogenated alkanes) is 1. The van der Waals surface area contributed by atoms with Gasteiger partial charge in [-0.25, -0.2) is 29.0 Å². The maximum absolute atomic E-state index is 14.4. The van der Waals surface area contributed by atoms with E-state index in [0.717, 1.165) is 40.7 Å². The second-order valence-electron chi connectivity index (χ2n) is 19.0. The molecule has 1 saturated heterocycles. The summed E-state index contributed by atoms with van der Waals surface area (Å²) in [6.07, 6.45) is -0.432. The first kappa shape index (κ1) is 62.5. The number of carbonyl (C=O) groups excluding carboxylic acids is 11. The predicted molar refractivity (Wildman–Crippen MR) is 260 cm³/mol. The average Bonchev–Trinajstić information content (AvgIpc) is 3.28. The molecule has 0 spiro atoms. The summed E-state index contributed by atoms with van der Waals surface area (Å²) < 4.78 is 0. The van der Waals surface area contributed by atoms with Crippen LogP contribution >= 0.6 is 11.8 Å². The molecular formula is C45H79N11O13S. The summed E-state index contributed by atoms with van der Waals surface area (Å²) in [4.78, 5) is 158. The lowest BCUT2D eigenvalue weighted by atomic mass is 9.97. The second-order valence-corrected chi connectivity index (χ2v) is 20.1. The fourth-order valence-electron chi connectivity index (χ4n) is 7.41. The maximum Gasteiger partial charge on any atom is 0.335 e. The van der Waals surface area contributed by atoms with Gasteiger partial charge < -0.3 is 45.8 Å². The number of imide groups is 4. The average molecular weight is 1010 g/mol. The number of carbonyl (C=O) groups is 11. The molecule has 1 aliphatic rings. The van der Waals surface area contributed by atoms with E-state index >= 15 is 0 Å². The largest absolute Gasteiger partial charge is 0.396 e.